The highest BCUT2D eigenvalue weighted by Gasteiger charge is 2.37. The molecule has 0 amide bonds. The first-order valence-electron chi connectivity index (χ1n) is 5.70. The molecule has 1 fully saturated rings. The summed E-state index contributed by atoms with van der Waals surface area (Å²) in [7, 11) is -3.33. The minimum Gasteiger partial charge on any atom is -0.393 e. The van der Waals surface area contributed by atoms with Crippen LogP contribution in [0.2, 0.25) is 0 Å². The Kier molecular flexibility index (Phi) is 3.77. The summed E-state index contributed by atoms with van der Waals surface area (Å²) in [4.78, 5) is 0.482. The number of hydrogen-bond acceptors (Lipinski definition) is 4. The van der Waals surface area contributed by atoms with Gasteiger partial charge in [-0.15, -0.1) is 11.3 Å². The molecule has 1 saturated heterocycles. The van der Waals surface area contributed by atoms with Crippen LogP contribution < -0.4 is 5.73 Å². The van der Waals surface area contributed by atoms with Gasteiger partial charge in [-0.05, 0) is 24.3 Å². The lowest BCUT2D eigenvalue weighted by Gasteiger charge is -2.37. The Bertz CT molecular complexity index is 529. The van der Waals surface area contributed by atoms with Crippen LogP contribution in [0.1, 0.15) is 19.8 Å². The van der Waals surface area contributed by atoms with Crippen molar-refractivity contribution in [3.05, 3.63) is 17.5 Å². The lowest BCUT2D eigenvalue weighted by Crippen LogP contribution is -2.46. The first-order chi connectivity index (χ1) is 8.36. The van der Waals surface area contributed by atoms with Crippen molar-refractivity contribution in [2.75, 3.05) is 13.1 Å². The number of hydrogen-bond donors (Lipinski definition) is 1. The molecule has 2 N–H and O–H groups in total. The van der Waals surface area contributed by atoms with Gasteiger partial charge in [-0.25, -0.2) is 8.42 Å². The van der Waals surface area contributed by atoms with Crippen LogP contribution in [-0.2, 0) is 10.0 Å². The maximum atomic E-state index is 12.3. The second kappa shape index (κ2) is 4.88. The molecule has 4 nitrogen and oxygen atoms in total. The van der Waals surface area contributed by atoms with Gasteiger partial charge in [0.15, 0.2) is 0 Å². The molecule has 0 spiro atoms. The maximum Gasteiger partial charge on any atom is 0.252 e. The molecule has 1 aliphatic heterocycles. The molecule has 0 aliphatic carbocycles. The highest BCUT2D eigenvalue weighted by atomic mass is 32.2. The maximum absolute atomic E-state index is 12.3. The van der Waals surface area contributed by atoms with Gasteiger partial charge in [0.25, 0.3) is 10.0 Å². The summed E-state index contributed by atoms with van der Waals surface area (Å²) < 4.78 is 26.5. The van der Waals surface area contributed by atoms with Crippen LogP contribution >= 0.6 is 23.6 Å². The van der Waals surface area contributed by atoms with Gasteiger partial charge in [0.2, 0.25) is 0 Å². The topological polar surface area (TPSA) is 63.4 Å². The zero-order valence-electron chi connectivity index (χ0n) is 10.1. The van der Waals surface area contributed by atoms with Gasteiger partial charge in [0.1, 0.15) is 4.21 Å². The third-order valence-electron chi connectivity index (χ3n) is 3.51. The van der Waals surface area contributed by atoms with Crippen molar-refractivity contribution in [2.24, 2.45) is 11.1 Å². The first kappa shape index (κ1) is 13.9. The number of thiocarbonyl (C=S) groups is 1. The van der Waals surface area contributed by atoms with Gasteiger partial charge >= 0.3 is 0 Å². The lowest BCUT2D eigenvalue weighted by atomic mass is 9.81. The first-order valence-corrected chi connectivity index (χ1v) is 8.43. The largest absolute Gasteiger partial charge is 0.393 e. The Hall–Kier alpha value is -0.500. The van der Waals surface area contributed by atoms with E-state index in [2.05, 4.69) is 0 Å². The van der Waals surface area contributed by atoms with Crippen LogP contribution in [0.15, 0.2) is 21.7 Å². The van der Waals surface area contributed by atoms with E-state index < -0.39 is 10.0 Å². The van der Waals surface area contributed by atoms with E-state index in [1.165, 1.54) is 15.6 Å². The molecule has 0 unspecified atom stereocenters. The summed E-state index contributed by atoms with van der Waals surface area (Å²) in [6.07, 6.45) is 1.37. The van der Waals surface area contributed by atoms with Gasteiger partial charge in [0, 0.05) is 18.5 Å². The fourth-order valence-electron chi connectivity index (χ4n) is 2.00. The predicted molar refractivity (Wildman–Crippen MR) is 77.2 cm³/mol. The SMILES string of the molecule is CC1(C(N)=S)CCN(S(=O)(=O)c2cccs2)CC1. The highest BCUT2D eigenvalue weighted by molar-refractivity contribution is 7.91. The van der Waals surface area contributed by atoms with Gasteiger partial charge in [-0.3, -0.25) is 0 Å². The normalized spacial score (nSPS) is 20.7. The van der Waals surface area contributed by atoms with E-state index in [1.54, 1.807) is 17.5 Å². The van der Waals surface area contributed by atoms with Crippen LogP contribution in [0, 0.1) is 5.41 Å². The fourth-order valence-corrected chi connectivity index (χ4v) is 4.79. The van der Waals surface area contributed by atoms with Crippen molar-refractivity contribution < 1.29 is 8.42 Å². The number of nitrogens with two attached hydrogens (primary N) is 1. The molecule has 0 bridgehead atoms. The molecule has 0 saturated carbocycles. The van der Waals surface area contributed by atoms with Crippen molar-refractivity contribution in [1.29, 1.82) is 0 Å². The summed E-state index contributed by atoms with van der Waals surface area (Å²) in [6.45, 7) is 2.96. The van der Waals surface area contributed by atoms with Crippen LogP contribution in [0.5, 0.6) is 0 Å². The van der Waals surface area contributed by atoms with Gasteiger partial charge in [0.05, 0.1) is 4.99 Å². The zero-order chi connectivity index (χ0) is 13.4. The number of thiophene rings is 1. The van der Waals surface area contributed by atoms with E-state index in [9.17, 15) is 8.42 Å². The Morgan fingerprint density at radius 3 is 2.56 bits per heavy atom. The molecule has 1 aromatic rings. The zero-order valence-corrected chi connectivity index (χ0v) is 12.6. The smallest absolute Gasteiger partial charge is 0.252 e. The van der Waals surface area contributed by atoms with Crippen molar-refractivity contribution in [3.63, 3.8) is 0 Å². The average molecular weight is 304 g/mol. The molecule has 100 valence electrons. The number of rotatable bonds is 3. The average Bonchev–Trinajstić information content (AvgIpc) is 2.83. The Morgan fingerprint density at radius 1 is 1.50 bits per heavy atom. The van der Waals surface area contributed by atoms with Crippen LogP contribution in [0.25, 0.3) is 0 Å². The minimum atomic E-state index is -3.33. The second-order valence-electron chi connectivity index (χ2n) is 4.76. The quantitative estimate of drug-likeness (QED) is 0.865. The molecule has 1 aliphatic rings. The molecule has 0 aromatic carbocycles. The van der Waals surface area contributed by atoms with Crippen LogP contribution in [0.4, 0.5) is 0 Å². The Labute approximate surface area is 117 Å². The molecule has 1 aromatic heterocycles. The second-order valence-corrected chi connectivity index (χ2v) is 8.31. The molecule has 0 radical (unpaired) electrons. The Morgan fingerprint density at radius 2 is 2.11 bits per heavy atom. The van der Waals surface area contributed by atoms with Crippen molar-refractivity contribution >= 4 is 38.6 Å². The monoisotopic (exact) mass is 304 g/mol. The molecule has 18 heavy (non-hydrogen) atoms. The fraction of sp³-hybridized carbons (Fsp3) is 0.545. The molecule has 7 heteroatoms. The van der Waals surface area contributed by atoms with Crippen molar-refractivity contribution in [1.82, 2.24) is 4.31 Å². The van der Waals surface area contributed by atoms with E-state index in [0.717, 1.165) is 0 Å². The van der Waals surface area contributed by atoms with Crippen molar-refractivity contribution in [3.8, 4) is 0 Å². The Balaban J connectivity index is 2.14. The number of nitrogens with zero attached hydrogens (tertiary/aromatic N) is 1. The third-order valence-corrected chi connectivity index (χ3v) is 7.27. The molecular weight excluding hydrogens is 288 g/mol. The van der Waals surface area contributed by atoms with E-state index >= 15 is 0 Å². The van der Waals surface area contributed by atoms with Crippen LogP contribution in [0.3, 0.4) is 0 Å². The highest BCUT2D eigenvalue weighted by Crippen LogP contribution is 2.34. The summed E-state index contributed by atoms with van der Waals surface area (Å²) in [5.74, 6) is 0. The molecule has 2 heterocycles. The number of piperidine rings is 1. The van der Waals surface area contributed by atoms with Crippen molar-refractivity contribution in [2.45, 2.75) is 24.0 Å². The standard InChI is InChI=1S/C11H16N2O2S3/c1-11(10(12)16)4-6-13(7-5-11)18(14,15)9-3-2-8-17-9/h2-3,8H,4-7H2,1H3,(H2,12,16). The number of sulfonamides is 1. The van der Waals surface area contributed by atoms with Gasteiger partial charge in [-0.2, -0.15) is 4.31 Å². The van der Waals surface area contributed by atoms with E-state index in [0.29, 0.717) is 35.1 Å². The molecule has 0 atom stereocenters. The lowest BCUT2D eigenvalue weighted by molar-refractivity contribution is 0.244. The van der Waals surface area contributed by atoms with Gasteiger partial charge in [-0.1, -0.05) is 25.2 Å². The minimum absolute atomic E-state index is 0.212. The predicted octanol–water partition coefficient (Wildman–Crippen LogP) is 1.83. The van der Waals surface area contributed by atoms with E-state index in [-0.39, 0.29) is 5.41 Å². The molecular formula is C11H16N2O2S3. The summed E-state index contributed by atoms with van der Waals surface area (Å²) in [5, 5.41) is 1.77. The van der Waals surface area contributed by atoms with Crippen LogP contribution in [-0.4, -0.2) is 30.8 Å². The van der Waals surface area contributed by atoms with Gasteiger partial charge < -0.3 is 5.73 Å². The van der Waals surface area contributed by atoms with E-state index in [4.69, 9.17) is 18.0 Å². The summed E-state index contributed by atoms with van der Waals surface area (Å²) >= 11 is 6.30. The summed E-state index contributed by atoms with van der Waals surface area (Å²) in [6, 6.07) is 3.39. The molecule has 2 rings (SSSR count). The van der Waals surface area contributed by atoms with E-state index in [1.807, 2.05) is 6.92 Å². The summed E-state index contributed by atoms with van der Waals surface area (Å²) in [5.41, 5.74) is 5.50. The third kappa shape index (κ3) is 2.45.